The van der Waals surface area contributed by atoms with Crippen LogP contribution in [0, 0.1) is 5.92 Å². The van der Waals surface area contributed by atoms with Crippen molar-refractivity contribution in [1.29, 1.82) is 0 Å². The van der Waals surface area contributed by atoms with Crippen LogP contribution in [0.3, 0.4) is 0 Å². The van der Waals surface area contributed by atoms with Gasteiger partial charge in [-0.2, -0.15) is 4.68 Å². The van der Waals surface area contributed by atoms with Gasteiger partial charge >= 0.3 is 5.76 Å². The number of carbonyl (C=O) groups excluding carboxylic acids is 2. The van der Waals surface area contributed by atoms with Crippen LogP contribution in [0.25, 0.3) is 11.5 Å². The summed E-state index contributed by atoms with van der Waals surface area (Å²) in [5.41, 5.74) is 0.689. The molecule has 2 aromatic rings. The second-order valence-electron chi connectivity index (χ2n) is 8.09. The fourth-order valence-corrected chi connectivity index (χ4v) is 4.26. The SMILES string of the molecule is O=C(Cn1nc(-c2ccccc2)oc1=O)N1CCC(C(=O)N2CCCCCC2)CC1. The van der Waals surface area contributed by atoms with Crippen molar-refractivity contribution in [1.82, 2.24) is 19.6 Å². The van der Waals surface area contributed by atoms with E-state index in [-0.39, 0.29) is 30.2 Å². The number of hydrogen-bond acceptors (Lipinski definition) is 5. The topological polar surface area (TPSA) is 88.6 Å². The Morgan fingerprint density at radius 1 is 0.933 bits per heavy atom. The van der Waals surface area contributed by atoms with Gasteiger partial charge in [-0.1, -0.05) is 31.0 Å². The smallest absolute Gasteiger partial charge is 0.388 e. The van der Waals surface area contributed by atoms with Crippen molar-refractivity contribution in [3.8, 4) is 11.5 Å². The molecule has 2 aliphatic heterocycles. The molecular formula is C22H28N4O4. The maximum Gasteiger partial charge on any atom is 0.437 e. The fourth-order valence-electron chi connectivity index (χ4n) is 4.26. The minimum absolute atomic E-state index is 0.00777. The number of rotatable bonds is 4. The first-order chi connectivity index (χ1) is 14.6. The second-order valence-corrected chi connectivity index (χ2v) is 8.09. The summed E-state index contributed by atoms with van der Waals surface area (Å²) in [7, 11) is 0. The molecule has 2 amide bonds. The van der Waals surface area contributed by atoms with Gasteiger partial charge in [0.25, 0.3) is 0 Å². The Morgan fingerprint density at radius 3 is 2.27 bits per heavy atom. The van der Waals surface area contributed by atoms with Crippen molar-refractivity contribution in [2.75, 3.05) is 26.2 Å². The van der Waals surface area contributed by atoms with E-state index in [4.69, 9.17) is 4.42 Å². The molecule has 1 aromatic heterocycles. The average molecular weight is 412 g/mol. The highest BCUT2D eigenvalue weighted by Crippen LogP contribution is 2.22. The molecule has 30 heavy (non-hydrogen) atoms. The van der Waals surface area contributed by atoms with Gasteiger partial charge in [0.1, 0.15) is 6.54 Å². The van der Waals surface area contributed by atoms with E-state index in [9.17, 15) is 14.4 Å². The van der Waals surface area contributed by atoms with Crippen LogP contribution in [-0.4, -0.2) is 57.6 Å². The number of amides is 2. The first-order valence-electron chi connectivity index (χ1n) is 10.8. The fraction of sp³-hybridized carbons (Fsp3) is 0.545. The van der Waals surface area contributed by atoms with Crippen molar-refractivity contribution in [3.63, 3.8) is 0 Å². The van der Waals surface area contributed by atoms with E-state index in [1.54, 1.807) is 17.0 Å². The molecule has 2 fully saturated rings. The summed E-state index contributed by atoms with van der Waals surface area (Å²) in [5.74, 6) is -0.384. The Bertz CT molecular complexity index is 920. The molecule has 160 valence electrons. The Balaban J connectivity index is 1.32. The molecular weight excluding hydrogens is 384 g/mol. The molecule has 0 saturated carbocycles. The first-order valence-corrected chi connectivity index (χ1v) is 10.8. The van der Waals surface area contributed by atoms with Crippen molar-refractivity contribution >= 4 is 11.8 Å². The van der Waals surface area contributed by atoms with Gasteiger partial charge in [-0.3, -0.25) is 9.59 Å². The summed E-state index contributed by atoms with van der Waals surface area (Å²) in [6.45, 7) is 2.62. The minimum Gasteiger partial charge on any atom is -0.388 e. The quantitative estimate of drug-likeness (QED) is 0.768. The number of aromatic nitrogens is 2. The molecule has 8 nitrogen and oxygen atoms in total. The molecule has 2 saturated heterocycles. The van der Waals surface area contributed by atoms with Crippen LogP contribution < -0.4 is 5.76 Å². The molecule has 0 atom stereocenters. The van der Waals surface area contributed by atoms with E-state index in [0.717, 1.165) is 30.6 Å². The van der Waals surface area contributed by atoms with Crippen LogP contribution in [0.5, 0.6) is 0 Å². The lowest BCUT2D eigenvalue weighted by molar-refractivity contribution is -0.141. The highest BCUT2D eigenvalue weighted by molar-refractivity contribution is 5.80. The summed E-state index contributed by atoms with van der Waals surface area (Å²) in [5, 5.41) is 4.16. The lowest BCUT2D eigenvalue weighted by atomic mass is 9.95. The van der Waals surface area contributed by atoms with E-state index < -0.39 is 5.76 Å². The van der Waals surface area contributed by atoms with Crippen LogP contribution in [0.4, 0.5) is 0 Å². The molecule has 8 heteroatoms. The van der Waals surface area contributed by atoms with Crippen LogP contribution in [0.2, 0.25) is 0 Å². The van der Waals surface area contributed by atoms with E-state index in [0.29, 0.717) is 31.5 Å². The van der Waals surface area contributed by atoms with Gasteiger partial charge in [0.05, 0.1) is 0 Å². The van der Waals surface area contributed by atoms with Gasteiger partial charge in [0.15, 0.2) is 0 Å². The van der Waals surface area contributed by atoms with Crippen molar-refractivity contribution < 1.29 is 14.0 Å². The number of nitrogens with zero attached hydrogens (tertiary/aromatic N) is 4. The van der Waals surface area contributed by atoms with Gasteiger partial charge in [-0.05, 0) is 37.8 Å². The molecule has 1 aromatic carbocycles. The largest absolute Gasteiger partial charge is 0.437 e. The Morgan fingerprint density at radius 2 is 1.60 bits per heavy atom. The summed E-state index contributed by atoms with van der Waals surface area (Å²) >= 11 is 0. The molecule has 2 aliphatic rings. The van der Waals surface area contributed by atoms with Crippen molar-refractivity contribution in [3.05, 3.63) is 40.9 Å². The highest BCUT2D eigenvalue weighted by atomic mass is 16.4. The van der Waals surface area contributed by atoms with Crippen LogP contribution in [0.15, 0.2) is 39.5 Å². The summed E-state index contributed by atoms with van der Waals surface area (Å²) in [4.78, 5) is 41.3. The number of carbonyl (C=O) groups is 2. The molecule has 0 radical (unpaired) electrons. The van der Waals surface area contributed by atoms with Gasteiger partial charge < -0.3 is 14.2 Å². The lowest BCUT2D eigenvalue weighted by Crippen LogP contribution is -2.46. The zero-order valence-electron chi connectivity index (χ0n) is 17.2. The summed E-state index contributed by atoms with van der Waals surface area (Å²) in [6.07, 6.45) is 5.91. The summed E-state index contributed by atoms with van der Waals surface area (Å²) < 4.78 is 6.26. The standard InChI is InChI=1S/C22H28N4O4/c27-19(16-26-22(29)30-20(23-26)17-8-4-3-5-9-17)24-14-10-18(11-15-24)21(28)25-12-6-1-2-7-13-25/h3-5,8-9,18H,1-2,6-7,10-16H2. The number of benzene rings is 1. The zero-order chi connectivity index (χ0) is 20.9. The molecule has 0 N–H and O–H groups in total. The monoisotopic (exact) mass is 412 g/mol. The molecule has 3 heterocycles. The normalized spacial score (nSPS) is 18.3. The zero-order valence-corrected chi connectivity index (χ0v) is 17.2. The third kappa shape index (κ3) is 4.63. The third-order valence-corrected chi connectivity index (χ3v) is 6.03. The number of hydrogen-bond donors (Lipinski definition) is 0. The van der Waals surface area contributed by atoms with Crippen molar-refractivity contribution in [2.45, 2.75) is 45.1 Å². The van der Waals surface area contributed by atoms with E-state index in [1.165, 1.54) is 12.8 Å². The van der Waals surface area contributed by atoms with Crippen molar-refractivity contribution in [2.24, 2.45) is 5.92 Å². The maximum atomic E-state index is 12.8. The first kappa shape index (κ1) is 20.4. The van der Waals surface area contributed by atoms with Gasteiger partial charge in [-0.25, -0.2) is 4.79 Å². The molecule has 0 spiro atoms. The second kappa shape index (κ2) is 9.28. The van der Waals surface area contributed by atoms with Gasteiger partial charge in [0.2, 0.25) is 17.7 Å². The average Bonchev–Trinajstić information content (AvgIpc) is 2.97. The predicted octanol–water partition coefficient (Wildman–Crippen LogP) is 2.14. The highest BCUT2D eigenvalue weighted by Gasteiger charge is 2.30. The minimum atomic E-state index is -0.645. The van der Waals surface area contributed by atoms with Gasteiger partial charge in [0, 0.05) is 37.7 Å². The van der Waals surface area contributed by atoms with Crippen LogP contribution in [0.1, 0.15) is 38.5 Å². The lowest BCUT2D eigenvalue weighted by Gasteiger charge is -2.34. The van der Waals surface area contributed by atoms with E-state index in [2.05, 4.69) is 5.10 Å². The van der Waals surface area contributed by atoms with E-state index >= 15 is 0 Å². The molecule has 0 unspecified atom stereocenters. The Kier molecular flexibility index (Phi) is 6.30. The third-order valence-electron chi connectivity index (χ3n) is 6.03. The molecule has 0 bridgehead atoms. The number of likely N-dealkylation sites (tertiary alicyclic amines) is 2. The van der Waals surface area contributed by atoms with E-state index in [1.807, 2.05) is 23.1 Å². The number of piperidine rings is 1. The Hall–Kier alpha value is -2.90. The molecule has 0 aliphatic carbocycles. The Labute approximate surface area is 175 Å². The summed E-state index contributed by atoms with van der Waals surface area (Å²) in [6, 6.07) is 9.11. The van der Waals surface area contributed by atoms with Gasteiger partial charge in [-0.15, -0.1) is 5.10 Å². The van der Waals surface area contributed by atoms with Crippen LogP contribution >= 0.6 is 0 Å². The molecule has 4 rings (SSSR count). The maximum absolute atomic E-state index is 12.8. The predicted molar refractivity (Wildman–Crippen MR) is 111 cm³/mol. The van der Waals surface area contributed by atoms with Crippen LogP contribution in [-0.2, 0) is 16.1 Å².